The van der Waals surface area contributed by atoms with Gasteiger partial charge in [0, 0.05) is 18.0 Å². The number of nitrogens with zero attached hydrogens (tertiary/aromatic N) is 5. The molecule has 1 aromatic heterocycles. The van der Waals surface area contributed by atoms with Crippen molar-refractivity contribution in [1.29, 1.82) is 0 Å². The van der Waals surface area contributed by atoms with Gasteiger partial charge < -0.3 is 10.0 Å². The second-order valence-corrected chi connectivity index (χ2v) is 8.49. The predicted molar refractivity (Wildman–Crippen MR) is 119 cm³/mol. The Morgan fingerprint density at radius 2 is 1.81 bits per heavy atom. The van der Waals surface area contributed by atoms with Gasteiger partial charge in [0.1, 0.15) is 13.1 Å². The number of carboxylic acid groups (broad SMARTS) is 1. The average Bonchev–Trinajstić information content (AvgIpc) is 3.26. The van der Waals surface area contributed by atoms with Crippen LogP contribution in [0.25, 0.3) is 5.69 Å². The summed E-state index contributed by atoms with van der Waals surface area (Å²) in [7, 11) is 0. The fraction of sp³-hybridized carbons (Fsp3) is 0.333. The Hall–Kier alpha value is -3.52. The molecular weight excluding hydrogens is 406 g/mol. The van der Waals surface area contributed by atoms with Gasteiger partial charge in [-0.1, -0.05) is 42.0 Å². The van der Waals surface area contributed by atoms with Gasteiger partial charge >= 0.3 is 6.09 Å². The number of aromatic nitrogens is 3. The monoisotopic (exact) mass is 434 g/mol. The number of carbonyl (C=O) groups is 2. The van der Waals surface area contributed by atoms with Crippen LogP contribution in [0, 0.1) is 6.92 Å². The van der Waals surface area contributed by atoms with E-state index in [0.717, 1.165) is 11.1 Å². The molecule has 3 aromatic rings. The number of carbonyl (C=O) groups excluding carboxylic acids is 1. The first kappa shape index (κ1) is 21.7. The molecule has 2 aromatic carbocycles. The number of hydrogen-bond donors (Lipinski definition) is 1. The summed E-state index contributed by atoms with van der Waals surface area (Å²) in [6, 6.07) is 15.2. The van der Waals surface area contributed by atoms with Crippen molar-refractivity contribution in [3.8, 4) is 5.69 Å². The van der Waals surface area contributed by atoms with Crippen LogP contribution in [0.3, 0.4) is 0 Å². The zero-order valence-corrected chi connectivity index (χ0v) is 18.4. The second-order valence-electron chi connectivity index (χ2n) is 8.49. The Balaban J connectivity index is 1.63. The van der Waals surface area contributed by atoms with Crippen LogP contribution in [0.4, 0.5) is 4.79 Å². The number of quaternary nitrogens is 1. The Kier molecular flexibility index (Phi) is 6.05. The fourth-order valence-corrected chi connectivity index (χ4v) is 4.36. The molecule has 8 heteroatoms. The molecule has 0 bridgehead atoms. The van der Waals surface area contributed by atoms with E-state index in [1.54, 1.807) is 17.3 Å². The van der Waals surface area contributed by atoms with Crippen molar-refractivity contribution in [2.75, 3.05) is 19.6 Å². The molecule has 8 nitrogen and oxygen atoms in total. The maximum absolute atomic E-state index is 13.7. The molecule has 2 atom stereocenters. The molecule has 0 radical (unpaired) electrons. The second kappa shape index (κ2) is 8.92. The summed E-state index contributed by atoms with van der Waals surface area (Å²) in [4.78, 5) is 29.3. The van der Waals surface area contributed by atoms with Gasteiger partial charge in [0.25, 0.3) is 5.91 Å². The maximum atomic E-state index is 13.7. The van der Waals surface area contributed by atoms with Gasteiger partial charge in [0.2, 0.25) is 0 Å². The van der Waals surface area contributed by atoms with Crippen molar-refractivity contribution in [3.05, 3.63) is 77.6 Å². The third kappa shape index (κ3) is 4.27. The zero-order chi connectivity index (χ0) is 22.7. The van der Waals surface area contributed by atoms with E-state index in [4.69, 9.17) is 0 Å². The normalized spacial score (nSPS) is 21.2. The molecule has 1 N–H and O–H groups in total. The maximum Gasteiger partial charge on any atom is 0.513 e. The average molecular weight is 435 g/mol. The lowest BCUT2D eigenvalue weighted by Gasteiger charge is -2.31. The highest BCUT2D eigenvalue weighted by Crippen LogP contribution is 2.25. The van der Waals surface area contributed by atoms with E-state index in [1.807, 2.05) is 62.4 Å². The first-order valence-corrected chi connectivity index (χ1v) is 10.8. The molecule has 1 saturated heterocycles. The third-order valence-corrected chi connectivity index (χ3v) is 6.29. The van der Waals surface area contributed by atoms with E-state index in [1.165, 1.54) is 4.80 Å². The van der Waals surface area contributed by atoms with Gasteiger partial charge in [0.05, 0.1) is 36.7 Å². The number of rotatable bonds is 4. The quantitative estimate of drug-likeness (QED) is 0.635. The summed E-state index contributed by atoms with van der Waals surface area (Å²) < 4.78 is -0.0838. The number of benzene rings is 2. The summed E-state index contributed by atoms with van der Waals surface area (Å²) in [6.07, 6.45) is 2.90. The highest BCUT2D eigenvalue weighted by atomic mass is 16.4. The van der Waals surface area contributed by atoms with Crippen molar-refractivity contribution in [1.82, 2.24) is 19.9 Å². The van der Waals surface area contributed by atoms with E-state index in [-0.39, 0.29) is 16.4 Å². The van der Waals surface area contributed by atoms with Crippen molar-refractivity contribution >= 4 is 12.0 Å². The molecule has 0 aliphatic carbocycles. The van der Waals surface area contributed by atoms with E-state index < -0.39 is 6.09 Å². The summed E-state index contributed by atoms with van der Waals surface area (Å²) in [5.41, 5.74) is 3.08. The lowest BCUT2D eigenvalue weighted by atomic mass is 10.1. The standard InChI is InChI=1S/C24H27N5O3/c1-18-8-9-22(28-25-11-12-26-28)21(16-18)23(30)27-13-15-29(24(31)32,14-10-19(27)2)17-20-6-4-3-5-7-20/h3-9,11-12,16,19H,10,13-15,17H2,1-2H3/p+1/t19-,29?/m1/s1. The van der Waals surface area contributed by atoms with Gasteiger partial charge in [-0.2, -0.15) is 19.8 Å². The van der Waals surface area contributed by atoms with Crippen LogP contribution in [0.1, 0.15) is 34.8 Å². The molecule has 2 heterocycles. The Morgan fingerprint density at radius 3 is 2.50 bits per heavy atom. The van der Waals surface area contributed by atoms with Crippen LogP contribution in [0.15, 0.2) is 60.9 Å². The predicted octanol–water partition coefficient (Wildman–Crippen LogP) is 3.51. The van der Waals surface area contributed by atoms with Crippen LogP contribution >= 0.6 is 0 Å². The first-order chi connectivity index (χ1) is 15.4. The molecule has 1 aliphatic heterocycles. The largest absolute Gasteiger partial charge is 0.513 e. The summed E-state index contributed by atoms with van der Waals surface area (Å²) in [6.45, 7) is 5.51. The van der Waals surface area contributed by atoms with E-state index in [2.05, 4.69) is 10.2 Å². The molecule has 1 fully saturated rings. The summed E-state index contributed by atoms with van der Waals surface area (Å²) >= 11 is 0. The SMILES string of the molecule is Cc1ccc(-n2nccn2)c(C(=O)N2CC[N+](Cc3ccccc3)(C(=O)O)CC[C@H]2C)c1. The van der Waals surface area contributed by atoms with E-state index in [0.29, 0.717) is 43.9 Å². The summed E-state index contributed by atoms with van der Waals surface area (Å²) in [5, 5.41) is 18.5. The Bertz CT molecular complexity index is 1100. The van der Waals surface area contributed by atoms with Gasteiger partial charge in [-0.05, 0) is 26.0 Å². The zero-order valence-electron chi connectivity index (χ0n) is 18.4. The van der Waals surface area contributed by atoms with Gasteiger partial charge in [-0.25, -0.2) is 4.48 Å². The summed E-state index contributed by atoms with van der Waals surface area (Å²) in [5.74, 6) is -0.126. The van der Waals surface area contributed by atoms with Crippen LogP contribution in [0.5, 0.6) is 0 Å². The lowest BCUT2D eigenvalue weighted by molar-refractivity contribution is -0.868. The molecule has 0 saturated carbocycles. The highest BCUT2D eigenvalue weighted by molar-refractivity contribution is 5.98. The molecule has 1 aliphatic rings. The van der Waals surface area contributed by atoms with Crippen molar-refractivity contribution < 1.29 is 19.2 Å². The van der Waals surface area contributed by atoms with Crippen LogP contribution in [-0.2, 0) is 6.54 Å². The molecule has 32 heavy (non-hydrogen) atoms. The molecule has 166 valence electrons. The molecule has 2 amide bonds. The molecule has 1 unspecified atom stereocenters. The minimum Gasteiger partial charge on any atom is -0.435 e. The molecule has 4 rings (SSSR count). The number of amides is 2. The van der Waals surface area contributed by atoms with Gasteiger partial charge in [-0.15, -0.1) is 0 Å². The highest BCUT2D eigenvalue weighted by Gasteiger charge is 2.42. The van der Waals surface area contributed by atoms with Crippen molar-refractivity contribution in [3.63, 3.8) is 0 Å². The number of aryl methyl sites for hydroxylation is 1. The molecular formula is C24H28N5O3+. The first-order valence-electron chi connectivity index (χ1n) is 10.8. The van der Waals surface area contributed by atoms with Gasteiger partial charge in [0.15, 0.2) is 0 Å². The van der Waals surface area contributed by atoms with Crippen LogP contribution < -0.4 is 0 Å². The third-order valence-electron chi connectivity index (χ3n) is 6.29. The topological polar surface area (TPSA) is 88.3 Å². The lowest BCUT2D eigenvalue weighted by Crippen LogP contribution is -2.53. The number of hydrogen-bond acceptors (Lipinski definition) is 4. The van der Waals surface area contributed by atoms with Crippen molar-refractivity contribution in [2.24, 2.45) is 0 Å². The van der Waals surface area contributed by atoms with Crippen LogP contribution in [0.2, 0.25) is 0 Å². The molecule has 0 spiro atoms. The van der Waals surface area contributed by atoms with E-state index in [9.17, 15) is 14.7 Å². The Labute approximate surface area is 187 Å². The smallest absolute Gasteiger partial charge is 0.435 e. The fourth-order valence-electron chi connectivity index (χ4n) is 4.36. The Morgan fingerprint density at radius 1 is 1.09 bits per heavy atom. The van der Waals surface area contributed by atoms with Crippen molar-refractivity contribution in [2.45, 2.75) is 32.9 Å². The van der Waals surface area contributed by atoms with Gasteiger partial charge in [-0.3, -0.25) is 4.79 Å². The minimum atomic E-state index is -0.854. The van der Waals surface area contributed by atoms with Crippen LogP contribution in [-0.4, -0.2) is 67.2 Å². The van der Waals surface area contributed by atoms with E-state index >= 15 is 0 Å². The minimum absolute atomic E-state index is 0.0838.